The molecular formula is C12H15NS2. The van der Waals surface area contributed by atoms with E-state index in [0.717, 1.165) is 12.1 Å². The minimum Gasteiger partial charge on any atom is -0.245 e. The quantitative estimate of drug-likeness (QED) is 0.665. The third-order valence-electron chi connectivity index (χ3n) is 2.44. The van der Waals surface area contributed by atoms with Crippen LogP contribution in [0.5, 0.6) is 0 Å². The van der Waals surface area contributed by atoms with Gasteiger partial charge in [-0.1, -0.05) is 19.1 Å². The highest BCUT2D eigenvalue weighted by Gasteiger charge is 2.13. The number of rotatable bonds is 0. The molecule has 1 aliphatic heterocycles. The van der Waals surface area contributed by atoms with Crippen LogP contribution in [0.4, 0.5) is 5.69 Å². The second-order valence-electron chi connectivity index (χ2n) is 3.64. The first-order valence-electron chi connectivity index (χ1n) is 5.17. The molecule has 0 N–H and O–H groups in total. The maximum Gasteiger partial charge on any atom is 0.0775 e. The number of para-hydroxylation sites is 1. The summed E-state index contributed by atoms with van der Waals surface area (Å²) in [6.45, 7) is 2.30. The van der Waals surface area contributed by atoms with E-state index in [4.69, 9.17) is 4.99 Å². The van der Waals surface area contributed by atoms with Crippen LogP contribution in [0.25, 0.3) is 0 Å². The maximum absolute atomic E-state index is 4.71. The number of benzene rings is 1. The van der Waals surface area contributed by atoms with Crippen LogP contribution in [0.15, 0.2) is 34.2 Å². The predicted octanol–water partition coefficient (Wildman–Crippen LogP) is 4.35. The maximum atomic E-state index is 4.71. The van der Waals surface area contributed by atoms with Crippen molar-refractivity contribution in [1.82, 2.24) is 0 Å². The van der Waals surface area contributed by atoms with Gasteiger partial charge < -0.3 is 0 Å². The Bertz CT molecular complexity index is 374. The first-order chi connectivity index (χ1) is 7.29. The summed E-state index contributed by atoms with van der Waals surface area (Å²) < 4.78 is 0. The zero-order chi connectivity index (χ0) is 10.7. The van der Waals surface area contributed by atoms with Crippen molar-refractivity contribution in [3.05, 3.63) is 24.3 Å². The molecule has 1 atom stereocenters. The summed E-state index contributed by atoms with van der Waals surface area (Å²) in [6.07, 6.45) is 4.45. The van der Waals surface area contributed by atoms with E-state index in [2.05, 4.69) is 37.4 Å². The smallest absolute Gasteiger partial charge is 0.0775 e. The fourth-order valence-corrected chi connectivity index (χ4v) is 3.16. The van der Waals surface area contributed by atoms with E-state index in [0.29, 0.717) is 5.25 Å². The fourth-order valence-electron chi connectivity index (χ4n) is 1.59. The molecule has 1 aromatic rings. The molecule has 0 bridgehead atoms. The third-order valence-corrected chi connectivity index (χ3v) is 4.44. The molecule has 1 aromatic carbocycles. The molecule has 15 heavy (non-hydrogen) atoms. The zero-order valence-corrected chi connectivity index (χ0v) is 10.7. The lowest BCUT2D eigenvalue weighted by atomic mass is 10.2. The summed E-state index contributed by atoms with van der Waals surface area (Å²) in [5, 5.41) is 1.94. The second-order valence-corrected chi connectivity index (χ2v) is 6.00. The van der Waals surface area contributed by atoms with Gasteiger partial charge in [0.1, 0.15) is 0 Å². The zero-order valence-electron chi connectivity index (χ0n) is 9.06. The summed E-state index contributed by atoms with van der Waals surface area (Å²) in [5.74, 6) is 0. The van der Waals surface area contributed by atoms with Crippen LogP contribution in [-0.4, -0.2) is 16.5 Å². The van der Waals surface area contributed by atoms with E-state index in [9.17, 15) is 0 Å². The number of fused-ring (bicyclic) bond motifs is 1. The normalized spacial score (nSPS) is 24.7. The van der Waals surface area contributed by atoms with Crippen molar-refractivity contribution in [3.8, 4) is 0 Å². The van der Waals surface area contributed by atoms with Gasteiger partial charge in [0.2, 0.25) is 0 Å². The standard InChI is InChI=1S/C12H15NS2/c1-9-7-8-12(14-2)13-10-5-3-4-6-11(10)15-9/h3-6,9H,7-8H2,1-2H3/b13-12+. The summed E-state index contributed by atoms with van der Waals surface area (Å²) in [4.78, 5) is 6.03. The van der Waals surface area contributed by atoms with Crippen molar-refractivity contribution < 1.29 is 0 Å². The summed E-state index contributed by atoms with van der Waals surface area (Å²) in [7, 11) is 0. The molecule has 0 saturated carbocycles. The molecule has 0 aromatic heterocycles. The van der Waals surface area contributed by atoms with Gasteiger partial charge in [0.25, 0.3) is 0 Å². The van der Waals surface area contributed by atoms with Gasteiger partial charge in [-0.2, -0.15) is 0 Å². The van der Waals surface area contributed by atoms with Gasteiger partial charge in [-0.25, -0.2) is 4.99 Å². The molecule has 1 unspecified atom stereocenters. The van der Waals surface area contributed by atoms with Crippen LogP contribution in [0.3, 0.4) is 0 Å². The van der Waals surface area contributed by atoms with Crippen molar-refractivity contribution in [3.63, 3.8) is 0 Å². The highest BCUT2D eigenvalue weighted by atomic mass is 32.2. The SMILES string of the molecule is CS/C1=N/c2ccccc2SC(C)CC1. The van der Waals surface area contributed by atoms with Crippen LogP contribution >= 0.6 is 23.5 Å². The summed E-state index contributed by atoms with van der Waals surface area (Å²) >= 11 is 3.72. The molecule has 0 radical (unpaired) electrons. The molecule has 0 spiro atoms. The molecule has 0 amide bonds. The van der Waals surface area contributed by atoms with E-state index >= 15 is 0 Å². The van der Waals surface area contributed by atoms with Crippen LogP contribution in [0.1, 0.15) is 19.8 Å². The molecule has 1 heterocycles. The minimum atomic E-state index is 0.684. The molecular weight excluding hydrogens is 222 g/mol. The van der Waals surface area contributed by atoms with E-state index < -0.39 is 0 Å². The first-order valence-corrected chi connectivity index (χ1v) is 7.27. The highest BCUT2D eigenvalue weighted by molar-refractivity contribution is 8.13. The average Bonchev–Trinajstić information content (AvgIpc) is 2.23. The van der Waals surface area contributed by atoms with Crippen molar-refractivity contribution in [2.24, 2.45) is 4.99 Å². The van der Waals surface area contributed by atoms with Gasteiger partial charge in [-0.15, -0.1) is 23.5 Å². The molecule has 3 heteroatoms. The Kier molecular flexibility index (Phi) is 3.76. The number of aliphatic imine (C=N–C) groups is 1. The Labute approximate surface area is 99.8 Å². The second kappa shape index (κ2) is 5.08. The van der Waals surface area contributed by atoms with Crippen molar-refractivity contribution in [2.45, 2.75) is 29.9 Å². The van der Waals surface area contributed by atoms with Crippen LogP contribution in [0.2, 0.25) is 0 Å². The number of hydrogen-bond acceptors (Lipinski definition) is 3. The van der Waals surface area contributed by atoms with E-state index in [1.54, 1.807) is 11.8 Å². The van der Waals surface area contributed by atoms with Gasteiger partial charge >= 0.3 is 0 Å². The van der Waals surface area contributed by atoms with Crippen LogP contribution < -0.4 is 0 Å². The monoisotopic (exact) mass is 237 g/mol. The highest BCUT2D eigenvalue weighted by Crippen LogP contribution is 2.36. The van der Waals surface area contributed by atoms with E-state index in [1.165, 1.54) is 16.4 Å². The first kappa shape index (κ1) is 11.1. The minimum absolute atomic E-state index is 0.684. The van der Waals surface area contributed by atoms with Crippen molar-refractivity contribution >= 4 is 34.3 Å². The Morgan fingerprint density at radius 1 is 1.40 bits per heavy atom. The topological polar surface area (TPSA) is 12.4 Å². The lowest BCUT2D eigenvalue weighted by Crippen LogP contribution is -2.03. The summed E-state index contributed by atoms with van der Waals surface area (Å²) in [5.41, 5.74) is 1.14. The number of hydrogen-bond donors (Lipinski definition) is 0. The molecule has 2 rings (SSSR count). The van der Waals surface area contributed by atoms with Crippen molar-refractivity contribution in [1.29, 1.82) is 0 Å². The molecule has 80 valence electrons. The van der Waals surface area contributed by atoms with Gasteiger partial charge in [0.05, 0.1) is 10.7 Å². The van der Waals surface area contributed by atoms with Gasteiger partial charge in [0.15, 0.2) is 0 Å². The van der Waals surface area contributed by atoms with Gasteiger partial charge in [-0.3, -0.25) is 0 Å². The molecule has 1 nitrogen and oxygen atoms in total. The number of nitrogens with zero attached hydrogens (tertiary/aromatic N) is 1. The Balaban J connectivity index is 2.39. The Morgan fingerprint density at radius 3 is 3.00 bits per heavy atom. The molecule has 0 saturated heterocycles. The molecule has 0 aliphatic carbocycles. The summed E-state index contributed by atoms with van der Waals surface area (Å²) in [6, 6.07) is 8.43. The van der Waals surface area contributed by atoms with Crippen LogP contribution in [-0.2, 0) is 0 Å². The average molecular weight is 237 g/mol. The third kappa shape index (κ3) is 2.79. The Hall–Kier alpha value is -0.410. The van der Waals surface area contributed by atoms with Gasteiger partial charge in [0, 0.05) is 10.1 Å². The van der Waals surface area contributed by atoms with Crippen molar-refractivity contribution in [2.75, 3.05) is 6.26 Å². The Morgan fingerprint density at radius 2 is 2.20 bits per heavy atom. The fraction of sp³-hybridized carbons (Fsp3) is 0.417. The van der Waals surface area contributed by atoms with Gasteiger partial charge in [-0.05, 0) is 31.2 Å². The largest absolute Gasteiger partial charge is 0.245 e. The molecule has 0 fully saturated rings. The van der Waals surface area contributed by atoms with Crippen LogP contribution in [0, 0.1) is 0 Å². The lowest BCUT2D eigenvalue weighted by Gasteiger charge is -2.16. The number of thioether (sulfide) groups is 2. The predicted molar refractivity (Wildman–Crippen MR) is 71.6 cm³/mol. The van der Waals surface area contributed by atoms with E-state index in [-0.39, 0.29) is 0 Å². The lowest BCUT2D eigenvalue weighted by molar-refractivity contribution is 0.855. The van der Waals surface area contributed by atoms with E-state index in [1.807, 2.05) is 11.8 Å². The molecule has 1 aliphatic rings.